The number of piperidine rings is 1. The summed E-state index contributed by atoms with van der Waals surface area (Å²) in [6, 6.07) is 1.52. The minimum Gasteiger partial charge on any atom is -0.492 e. The summed E-state index contributed by atoms with van der Waals surface area (Å²) in [7, 11) is 1.66. The Labute approximate surface area is 152 Å². The van der Waals surface area contributed by atoms with Gasteiger partial charge in [0.15, 0.2) is 0 Å². The van der Waals surface area contributed by atoms with E-state index < -0.39 is 0 Å². The number of amides is 1. The Morgan fingerprint density at radius 2 is 2.36 bits per heavy atom. The zero-order valence-electron chi connectivity index (χ0n) is 14.4. The number of methoxy groups -OCH3 is 1. The molecule has 3 rings (SSSR count). The quantitative estimate of drug-likeness (QED) is 0.659. The second-order valence-corrected chi connectivity index (χ2v) is 6.87. The molecule has 5 N–H and O–H groups in total. The fraction of sp³-hybridized carbons (Fsp3) is 0.588. The van der Waals surface area contributed by atoms with E-state index in [4.69, 9.17) is 32.5 Å². The van der Waals surface area contributed by atoms with Crippen molar-refractivity contribution in [2.75, 3.05) is 45.6 Å². The van der Waals surface area contributed by atoms with Crippen LogP contribution < -0.4 is 21.5 Å². The molecule has 2 aliphatic heterocycles. The summed E-state index contributed by atoms with van der Waals surface area (Å²) in [5, 5.41) is 3.46. The number of fused-ring (bicyclic) bond motifs is 1. The van der Waals surface area contributed by atoms with Gasteiger partial charge in [-0.05, 0) is 12.5 Å². The van der Waals surface area contributed by atoms with Crippen LogP contribution in [-0.4, -0.2) is 62.8 Å². The first kappa shape index (κ1) is 18.3. The van der Waals surface area contributed by atoms with Crippen LogP contribution in [0.3, 0.4) is 0 Å². The summed E-state index contributed by atoms with van der Waals surface area (Å²) < 4.78 is 11.2. The summed E-state index contributed by atoms with van der Waals surface area (Å²) in [6.07, 6.45) is 1.39. The Morgan fingerprint density at radius 1 is 1.56 bits per heavy atom. The van der Waals surface area contributed by atoms with Gasteiger partial charge in [-0.2, -0.15) is 0 Å². The molecular weight excluding hydrogens is 344 g/mol. The van der Waals surface area contributed by atoms with Crippen LogP contribution in [0.2, 0.25) is 5.02 Å². The van der Waals surface area contributed by atoms with Gasteiger partial charge in [-0.1, -0.05) is 11.6 Å². The number of nitrogens with two attached hydrogens (primary N) is 2. The normalized spacial score (nSPS) is 23.2. The van der Waals surface area contributed by atoms with Crippen molar-refractivity contribution in [1.82, 2.24) is 10.2 Å². The van der Waals surface area contributed by atoms with Gasteiger partial charge in [-0.15, -0.1) is 0 Å². The summed E-state index contributed by atoms with van der Waals surface area (Å²) >= 11 is 6.19. The lowest BCUT2D eigenvalue weighted by Crippen LogP contribution is -2.55. The number of benzene rings is 1. The first-order chi connectivity index (χ1) is 12.0. The third-order valence-electron chi connectivity index (χ3n) is 4.92. The van der Waals surface area contributed by atoms with Crippen molar-refractivity contribution in [3.63, 3.8) is 0 Å². The number of ether oxygens (including phenoxy) is 2. The number of nitrogens with zero attached hydrogens (tertiary/aromatic N) is 1. The van der Waals surface area contributed by atoms with Crippen molar-refractivity contribution in [2.45, 2.75) is 25.0 Å². The lowest BCUT2D eigenvalue weighted by Gasteiger charge is -2.38. The molecular formula is C17H25ClN4O3. The van der Waals surface area contributed by atoms with Crippen LogP contribution in [0.25, 0.3) is 0 Å². The number of rotatable bonds is 5. The fourth-order valence-electron chi connectivity index (χ4n) is 3.55. The van der Waals surface area contributed by atoms with E-state index in [0.29, 0.717) is 41.6 Å². The molecule has 0 spiro atoms. The monoisotopic (exact) mass is 368 g/mol. The average Bonchev–Trinajstić information content (AvgIpc) is 3.09. The lowest BCUT2D eigenvalue weighted by atomic mass is 10.00. The van der Waals surface area contributed by atoms with Crippen molar-refractivity contribution in [2.24, 2.45) is 5.73 Å². The molecule has 0 aromatic heterocycles. The van der Waals surface area contributed by atoms with Crippen molar-refractivity contribution < 1.29 is 14.3 Å². The highest BCUT2D eigenvalue weighted by Crippen LogP contribution is 2.38. The topological polar surface area (TPSA) is 103 Å². The first-order valence-corrected chi connectivity index (χ1v) is 8.92. The smallest absolute Gasteiger partial charge is 0.255 e. The van der Waals surface area contributed by atoms with Gasteiger partial charge in [-0.25, -0.2) is 0 Å². The van der Waals surface area contributed by atoms with E-state index >= 15 is 0 Å². The number of nitrogens with one attached hydrogen (secondary N) is 1. The molecule has 2 aliphatic rings. The molecule has 2 unspecified atom stereocenters. The van der Waals surface area contributed by atoms with Crippen LogP contribution in [0.15, 0.2) is 6.07 Å². The minimum absolute atomic E-state index is 0.0695. The van der Waals surface area contributed by atoms with Gasteiger partial charge in [0.1, 0.15) is 5.75 Å². The maximum Gasteiger partial charge on any atom is 0.255 e. The van der Waals surface area contributed by atoms with Crippen LogP contribution in [0.4, 0.5) is 5.69 Å². The summed E-state index contributed by atoms with van der Waals surface area (Å²) in [4.78, 5) is 15.1. The van der Waals surface area contributed by atoms with Gasteiger partial charge >= 0.3 is 0 Å². The van der Waals surface area contributed by atoms with Crippen molar-refractivity contribution in [1.29, 1.82) is 0 Å². The van der Waals surface area contributed by atoms with E-state index in [1.807, 2.05) is 0 Å². The van der Waals surface area contributed by atoms with Crippen molar-refractivity contribution in [3.05, 3.63) is 22.2 Å². The zero-order valence-corrected chi connectivity index (χ0v) is 15.1. The number of hydrogen-bond donors (Lipinski definition) is 3. The van der Waals surface area contributed by atoms with E-state index in [2.05, 4.69) is 10.2 Å². The minimum atomic E-state index is -0.209. The lowest BCUT2D eigenvalue weighted by molar-refractivity contribution is 0.00735. The van der Waals surface area contributed by atoms with E-state index in [9.17, 15) is 4.79 Å². The zero-order chi connectivity index (χ0) is 18.0. The van der Waals surface area contributed by atoms with Gasteiger partial charge in [0.2, 0.25) is 0 Å². The largest absolute Gasteiger partial charge is 0.492 e. The average molecular weight is 369 g/mol. The van der Waals surface area contributed by atoms with E-state index in [1.165, 1.54) is 0 Å². The summed E-state index contributed by atoms with van der Waals surface area (Å²) in [6.45, 7) is 3.57. The molecule has 25 heavy (non-hydrogen) atoms. The van der Waals surface area contributed by atoms with Crippen LogP contribution in [0, 0.1) is 0 Å². The number of nitrogen functional groups attached to an aromatic ring is 1. The highest BCUT2D eigenvalue weighted by atomic mass is 35.5. The number of carbonyl (C=O) groups excluding carboxylic acids is 1. The number of carbonyl (C=O) groups is 1. The predicted molar refractivity (Wildman–Crippen MR) is 97.2 cm³/mol. The van der Waals surface area contributed by atoms with Gasteiger partial charge in [0.25, 0.3) is 5.91 Å². The Balaban J connectivity index is 1.75. The third kappa shape index (κ3) is 3.69. The summed E-state index contributed by atoms with van der Waals surface area (Å²) in [5.41, 5.74) is 13.4. The SMILES string of the molecule is COC1CN(CCN)CCC1NC(=O)c1cc(Cl)c(N)c2c1OCC2. The molecule has 0 saturated carbocycles. The van der Waals surface area contributed by atoms with Gasteiger partial charge in [0.05, 0.1) is 35.0 Å². The maximum atomic E-state index is 12.8. The molecule has 0 radical (unpaired) electrons. The third-order valence-corrected chi connectivity index (χ3v) is 5.24. The molecule has 138 valence electrons. The van der Waals surface area contributed by atoms with Crippen LogP contribution >= 0.6 is 11.6 Å². The van der Waals surface area contributed by atoms with E-state index in [1.54, 1.807) is 13.2 Å². The molecule has 0 aliphatic carbocycles. The van der Waals surface area contributed by atoms with Crippen molar-refractivity contribution in [3.8, 4) is 5.75 Å². The fourth-order valence-corrected chi connectivity index (χ4v) is 3.78. The predicted octanol–water partition coefficient (Wildman–Crippen LogP) is 0.635. The van der Waals surface area contributed by atoms with Gasteiger partial charge < -0.3 is 26.3 Å². The molecule has 7 nitrogen and oxygen atoms in total. The second kappa shape index (κ2) is 7.78. The highest BCUT2D eigenvalue weighted by Gasteiger charge is 2.32. The Hall–Kier alpha value is -1.54. The van der Waals surface area contributed by atoms with Crippen LogP contribution in [0.1, 0.15) is 22.3 Å². The van der Waals surface area contributed by atoms with Crippen LogP contribution in [0.5, 0.6) is 5.75 Å². The number of hydrogen-bond acceptors (Lipinski definition) is 6. The van der Waals surface area contributed by atoms with Gasteiger partial charge in [0, 0.05) is 45.3 Å². The molecule has 1 aromatic rings. The Kier molecular flexibility index (Phi) is 5.68. The second-order valence-electron chi connectivity index (χ2n) is 6.46. The number of halogens is 1. The Bertz CT molecular complexity index is 655. The summed E-state index contributed by atoms with van der Waals surface area (Å²) in [5.74, 6) is 0.341. The highest BCUT2D eigenvalue weighted by molar-refractivity contribution is 6.33. The van der Waals surface area contributed by atoms with Crippen LogP contribution in [-0.2, 0) is 11.2 Å². The standard InChI is InChI=1S/C17H25ClN4O3/c1-24-14-9-22(6-4-19)5-2-13(14)21-17(23)11-8-12(18)15(20)10-3-7-25-16(10)11/h8,13-14H,2-7,9,19-20H2,1H3,(H,21,23). The van der Waals surface area contributed by atoms with Crippen molar-refractivity contribution >= 4 is 23.2 Å². The number of likely N-dealkylation sites (tertiary alicyclic amines) is 1. The van der Waals surface area contributed by atoms with Gasteiger partial charge in [-0.3, -0.25) is 9.69 Å². The first-order valence-electron chi connectivity index (χ1n) is 8.54. The Morgan fingerprint density at radius 3 is 3.08 bits per heavy atom. The maximum absolute atomic E-state index is 12.8. The molecule has 0 bridgehead atoms. The molecule has 8 heteroatoms. The molecule has 1 amide bonds. The molecule has 1 saturated heterocycles. The van der Waals surface area contributed by atoms with E-state index in [0.717, 1.165) is 31.6 Å². The van der Waals surface area contributed by atoms with E-state index in [-0.39, 0.29) is 18.1 Å². The molecule has 2 atom stereocenters. The molecule has 2 heterocycles. The number of anilines is 1. The molecule has 1 fully saturated rings. The molecule has 1 aromatic carbocycles.